The highest BCUT2D eigenvalue weighted by molar-refractivity contribution is 8.05. The van der Waals surface area contributed by atoms with Crippen LogP contribution in [0.25, 0.3) is 0 Å². The average Bonchev–Trinajstić information content (AvgIpc) is 2.46. The number of para-hydroxylation sites is 2. The van der Waals surface area contributed by atoms with E-state index in [-0.39, 0.29) is 0 Å². The molecule has 1 aliphatic rings. The molecule has 21 heavy (non-hydrogen) atoms. The van der Waals surface area contributed by atoms with E-state index in [0.717, 1.165) is 0 Å². The molecular weight excluding hydrogens is 303 g/mol. The van der Waals surface area contributed by atoms with E-state index in [0.29, 0.717) is 20.5 Å². The van der Waals surface area contributed by atoms with Gasteiger partial charge in [0.05, 0.1) is 20.5 Å². The molecule has 0 bridgehead atoms. The van der Waals surface area contributed by atoms with Crippen LogP contribution < -0.4 is 5.36 Å². The molecule has 1 unspecified atom stereocenters. The summed E-state index contributed by atoms with van der Waals surface area (Å²) in [5.74, 6) is -2.20. The first-order valence-corrected chi connectivity index (χ1v) is 7.05. The van der Waals surface area contributed by atoms with E-state index in [1.165, 1.54) is 0 Å². The van der Waals surface area contributed by atoms with Crippen LogP contribution in [0.15, 0.2) is 58.4 Å². The molecule has 0 aromatic heterocycles. The van der Waals surface area contributed by atoms with Gasteiger partial charge in [0.1, 0.15) is 0 Å². The molecular formula is C14H8F3NO2S. The van der Waals surface area contributed by atoms with E-state index >= 15 is 0 Å². The summed E-state index contributed by atoms with van der Waals surface area (Å²) in [6.45, 7) is 0. The Hall–Kier alpha value is -2.15. The summed E-state index contributed by atoms with van der Waals surface area (Å²) in [6.07, 6.45) is -5.02. The molecule has 0 spiro atoms. The van der Waals surface area contributed by atoms with Crippen LogP contribution in [0.5, 0.6) is 0 Å². The van der Waals surface area contributed by atoms with Crippen LogP contribution in [0, 0.1) is 4.51 Å². The van der Waals surface area contributed by atoms with Crippen molar-refractivity contribution in [3.05, 3.63) is 58.4 Å². The number of rotatable bonds is 1. The molecule has 0 amide bonds. The van der Waals surface area contributed by atoms with Crippen LogP contribution in [-0.2, 0) is 8.98 Å². The molecule has 2 aromatic carbocycles. The predicted molar refractivity (Wildman–Crippen MR) is 70.5 cm³/mol. The SMILES string of the molecule is O=C(OS1=c2ccccc2=Nc2ccccc21)C(F)(F)F. The van der Waals surface area contributed by atoms with Crippen molar-refractivity contribution >= 4 is 22.4 Å². The molecule has 3 nitrogen and oxygen atoms in total. The Kier molecular flexibility index (Phi) is 3.29. The van der Waals surface area contributed by atoms with Crippen molar-refractivity contribution in [2.45, 2.75) is 11.1 Å². The number of hydrogen-bond acceptors (Lipinski definition) is 3. The first kappa shape index (κ1) is 13.8. The van der Waals surface area contributed by atoms with E-state index in [2.05, 4.69) is 4.99 Å². The van der Waals surface area contributed by atoms with Gasteiger partial charge in [0, 0.05) is 10.8 Å². The first-order valence-electron chi connectivity index (χ1n) is 5.90. The van der Waals surface area contributed by atoms with Gasteiger partial charge in [-0.25, -0.2) is 9.79 Å². The van der Waals surface area contributed by atoms with Gasteiger partial charge in [-0.05, 0) is 24.3 Å². The Labute approximate surface area is 119 Å². The minimum absolute atomic E-state index is 0.466. The quantitative estimate of drug-likeness (QED) is 0.756. The fraction of sp³-hybridized carbons (Fsp3) is 0.0714. The molecule has 7 heteroatoms. The van der Waals surface area contributed by atoms with Crippen molar-refractivity contribution in [3.63, 3.8) is 0 Å². The number of benzene rings is 2. The number of hydrogen-bond donors (Lipinski definition) is 0. The van der Waals surface area contributed by atoms with Crippen LogP contribution in [0.2, 0.25) is 0 Å². The van der Waals surface area contributed by atoms with Crippen molar-refractivity contribution in [2.24, 2.45) is 4.99 Å². The van der Waals surface area contributed by atoms with Crippen molar-refractivity contribution in [3.8, 4) is 0 Å². The monoisotopic (exact) mass is 311 g/mol. The standard InChI is InChI=1S/C14H8F3NO2S/c15-14(16,17)13(19)20-21-11-7-3-1-5-9(11)18-10-6-2-4-8-12(10)21/h1-8H. The molecule has 0 fully saturated rings. The summed E-state index contributed by atoms with van der Waals surface area (Å²) in [6, 6.07) is 13.4. The molecule has 0 aliphatic carbocycles. The summed E-state index contributed by atoms with van der Waals surface area (Å²) < 4.78 is 42.6. The number of alkyl halides is 3. The van der Waals surface area contributed by atoms with Crippen LogP contribution in [0.1, 0.15) is 0 Å². The van der Waals surface area contributed by atoms with Gasteiger partial charge in [-0.3, -0.25) is 0 Å². The summed E-state index contributed by atoms with van der Waals surface area (Å²) >= 11 is 0. The van der Waals surface area contributed by atoms with Crippen LogP contribution in [0.4, 0.5) is 18.9 Å². The Morgan fingerprint density at radius 1 is 1.05 bits per heavy atom. The molecule has 0 N–H and O–H groups in total. The molecule has 1 aliphatic heterocycles. The highest BCUT2D eigenvalue weighted by Gasteiger charge is 2.42. The molecule has 0 saturated heterocycles. The molecule has 1 heterocycles. The molecule has 1 atom stereocenters. The topological polar surface area (TPSA) is 38.7 Å². The lowest BCUT2D eigenvalue weighted by Gasteiger charge is -2.16. The highest BCUT2D eigenvalue weighted by atomic mass is 32.2. The van der Waals surface area contributed by atoms with Crippen molar-refractivity contribution in [1.29, 1.82) is 0 Å². The zero-order valence-corrected chi connectivity index (χ0v) is 11.2. The lowest BCUT2D eigenvalue weighted by atomic mass is 10.3. The minimum atomic E-state index is -5.02. The van der Waals surface area contributed by atoms with Crippen molar-refractivity contribution < 1.29 is 22.1 Å². The van der Waals surface area contributed by atoms with Crippen molar-refractivity contribution in [2.75, 3.05) is 0 Å². The second-order valence-corrected chi connectivity index (χ2v) is 5.77. The number of halogens is 3. The smallest absolute Gasteiger partial charge is 0.388 e. The van der Waals surface area contributed by atoms with E-state index in [4.69, 9.17) is 4.18 Å². The highest BCUT2D eigenvalue weighted by Crippen LogP contribution is 2.40. The molecule has 3 rings (SSSR count). The van der Waals surface area contributed by atoms with Gasteiger partial charge in [-0.1, -0.05) is 24.3 Å². The zero-order valence-electron chi connectivity index (χ0n) is 10.4. The van der Waals surface area contributed by atoms with Gasteiger partial charge < -0.3 is 4.18 Å². The van der Waals surface area contributed by atoms with Gasteiger partial charge in [0.2, 0.25) is 0 Å². The molecule has 0 saturated carbocycles. The third kappa shape index (κ3) is 2.56. The maximum absolute atomic E-state index is 12.5. The minimum Gasteiger partial charge on any atom is -0.388 e. The van der Waals surface area contributed by atoms with Gasteiger partial charge in [0.15, 0.2) is 0 Å². The van der Waals surface area contributed by atoms with Gasteiger partial charge >= 0.3 is 12.1 Å². The zero-order chi connectivity index (χ0) is 15.0. The largest absolute Gasteiger partial charge is 0.492 e. The normalized spacial score (nSPS) is 16.4. The number of nitrogens with zero attached hydrogens (tertiary/aromatic N) is 1. The fourth-order valence-electron chi connectivity index (χ4n) is 1.87. The van der Waals surface area contributed by atoms with Gasteiger partial charge in [-0.2, -0.15) is 13.2 Å². The average molecular weight is 311 g/mol. The van der Waals surface area contributed by atoms with Crippen LogP contribution in [0.3, 0.4) is 0 Å². The summed E-state index contributed by atoms with van der Waals surface area (Å²) in [5.41, 5.74) is 0.509. The van der Waals surface area contributed by atoms with E-state index in [1.54, 1.807) is 48.5 Å². The number of carbonyl (C=O) groups is 1. The molecule has 0 radical (unpaired) electrons. The third-order valence-corrected chi connectivity index (χ3v) is 4.57. The lowest BCUT2D eigenvalue weighted by Crippen LogP contribution is -2.24. The first-order chi connectivity index (χ1) is 9.97. The predicted octanol–water partition coefficient (Wildman–Crippen LogP) is 3.55. The Morgan fingerprint density at radius 3 is 2.48 bits per heavy atom. The Morgan fingerprint density at radius 2 is 1.71 bits per heavy atom. The number of fused-ring (bicyclic) bond motifs is 2. The maximum atomic E-state index is 12.5. The van der Waals surface area contributed by atoms with E-state index < -0.39 is 22.9 Å². The second-order valence-electron chi connectivity index (χ2n) is 4.18. The summed E-state index contributed by atoms with van der Waals surface area (Å²) in [7, 11) is -1.43. The second kappa shape index (κ2) is 5.00. The fourth-order valence-corrected chi connectivity index (χ4v) is 3.55. The molecule has 2 aromatic rings. The van der Waals surface area contributed by atoms with Gasteiger partial charge in [-0.15, -0.1) is 0 Å². The lowest BCUT2D eigenvalue weighted by molar-refractivity contribution is -0.188. The Balaban J connectivity index is 2.23. The maximum Gasteiger partial charge on any atom is 0.492 e. The number of carbonyl (C=O) groups excluding carboxylic acids is 1. The molecule has 108 valence electrons. The van der Waals surface area contributed by atoms with Gasteiger partial charge in [0.25, 0.3) is 0 Å². The summed E-state index contributed by atoms with van der Waals surface area (Å²) in [4.78, 5) is 16.0. The third-order valence-electron chi connectivity index (χ3n) is 2.76. The van der Waals surface area contributed by atoms with Crippen LogP contribution >= 0.6 is 10.8 Å². The van der Waals surface area contributed by atoms with E-state index in [1.807, 2.05) is 0 Å². The van der Waals surface area contributed by atoms with Crippen LogP contribution in [-0.4, -0.2) is 12.1 Å². The van der Waals surface area contributed by atoms with E-state index in [9.17, 15) is 18.0 Å². The Bertz CT molecular complexity index is 846. The van der Waals surface area contributed by atoms with Crippen molar-refractivity contribution in [1.82, 2.24) is 0 Å². The summed E-state index contributed by atoms with van der Waals surface area (Å²) in [5, 5.41) is 0.509.